The number of nitrogens with zero attached hydrogens (tertiary/aromatic N) is 2. The van der Waals surface area contributed by atoms with Gasteiger partial charge in [0.05, 0.1) is 31.9 Å². The third-order valence-corrected chi connectivity index (χ3v) is 7.93. The molecule has 0 radical (unpaired) electrons. The molecule has 3 aromatic carbocycles. The molecule has 0 aliphatic rings. The highest BCUT2D eigenvalue weighted by molar-refractivity contribution is 7.89. The Balaban J connectivity index is 1.88. The summed E-state index contributed by atoms with van der Waals surface area (Å²) in [7, 11) is -0.920. The SMILES string of the molecule is COc1ccc(OC)c(/C=N/NC(=O)CN(Cc2ccc(C)cc2)S(=O)(=O)c2c(C)cc(C)cc2C)c1. The number of nitrogens with one attached hydrogen (secondary N) is 1. The monoisotopic (exact) mass is 523 g/mol. The quantitative estimate of drug-likeness (QED) is 0.316. The third kappa shape index (κ3) is 6.96. The van der Waals surface area contributed by atoms with E-state index >= 15 is 0 Å². The predicted molar refractivity (Wildman–Crippen MR) is 145 cm³/mol. The molecule has 196 valence electrons. The van der Waals surface area contributed by atoms with E-state index in [1.54, 1.807) is 39.2 Å². The Labute approximate surface area is 219 Å². The smallest absolute Gasteiger partial charge is 0.255 e. The second kappa shape index (κ2) is 12.0. The second-order valence-electron chi connectivity index (χ2n) is 8.89. The number of carbonyl (C=O) groups excluding carboxylic acids is 1. The van der Waals surface area contributed by atoms with Gasteiger partial charge in [-0.3, -0.25) is 4.79 Å². The van der Waals surface area contributed by atoms with Crippen molar-refractivity contribution in [2.45, 2.75) is 39.1 Å². The highest BCUT2D eigenvalue weighted by atomic mass is 32.2. The van der Waals surface area contributed by atoms with Crippen LogP contribution in [0.5, 0.6) is 11.5 Å². The Morgan fingerprint density at radius 1 is 0.919 bits per heavy atom. The van der Waals surface area contributed by atoms with Crippen LogP contribution in [-0.2, 0) is 21.4 Å². The van der Waals surface area contributed by atoms with Crippen molar-refractivity contribution in [1.29, 1.82) is 0 Å². The molecule has 37 heavy (non-hydrogen) atoms. The average molecular weight is 524 g/mol. The topological polar surface area (TPSA) is 97.3 Å². The molecule has 8 nitrogen and oxygen atoms in total. The summed E-state index contributed by atoms with van der Waals surface area (Å²) < 4.78 is 39.4. The van der Waals surface area contributed by atoms with Crippen LogP contribution >= 0.6 is 0 Å². The molecular formula is C28H33N3O5S. The van der Waals surface area contributed by atoms with Crippen LogP contribution in [-0.4, -0.2) is 45.6 Å². The van der Waals surface area contributed by atoms with Crippen molar-refractivity contribution in [3.63, 3.8) is 0 Å². The number of rotatable bonds is 10. The number of carbonyl (C=O) groups is 1. The second-order valence-corrected chi connectivity index (χ2v) is 10.8. The van der Waals surface area contributed by atoms with E-state index in [9.17, 15) is 13.2 Å². The first-order chi connectivity index (χ1) is 17.5. The first-order valence-electron chi connectivity index (χ1n) is 11.7. The van der Waals surface area contributed by atoms with Gasteiger partial charge in [-0.15, -0.1) is 0 Å². The molecule has 0 saturated heterocycles. The molecule has 0 spiro atoms. The molecule has 0 fully saturated rings. The summed E-state index contributed by atoms with van der Waals surface area (Å²) in [6.45, 7) is 7.04. The summed E-state index contributed by atoms with van der Waals surface area (Å²) >= 11 is 0. The fraction of sp³-hybridized carbons (Fsp3) is 0.286. The Morgan fingerprint density at radius 2 is 1.57 bits per heavy atom. The predicted octanol–water partition coefficient (Wildman–Crippen LogP) is 4.28. The lowest BCUT2D eigenvalue weighted by atomic mass is 10.1. The minimum absolute atomic E-state index is 0.0379. The van der Waals surface area contributed by atoms with Crippen molar-refractivity contribution in [2.24, 2.45) is 5.10 Å². The molecule has 0 atom stereocenters. The molecule has 1 N–H and O–H groups in total. The summed E-state index contributed by atoms with van der Waals surface area (Å²) in [5, 5.41) is 4.02. The van der Waals surface area contributed by atoms with Gasteiger partial charge in [0.2, 0.25) is 10.0 Å². The number of amides is 1. The maximum absolute atomic E-state index is 13.8. The van der Waals surface area contributed by atoms with E-state index in [1.807, 2.05) is 50.2 Å². The molecule has 0 bridgehead atoms. The first kappa shape index (κ1) is 27.9. The number of hydrazone groups is 1. The summed E-state index contributed by atoms with van der Waals surface area (Å²) in [6, 6.07) is 16.4. The zero-order valence-electron chi connectivity index (χ0n) is 22.0. The number of sulfonamides is 1. The highest BCUT2D eigenvalue weighted by Gasteiger charge is 2.30. The summed E-state index contributed by atoms with van der Waals surface area (Å²) in [6.07, 6.45) is 1.42. The van der Waals surface area contributed by atoms with Crippen LogP contribution in [0.15, 0.2) is 64.6 Å². The fourth-order valence-corrected chi connectivity index (χ4v) is 5.93. The van der Waals surface area contributed by atoms with Gasteiger partial charge in [0.25, 0.3) is 5.91 Å². The number of aryl methyl sites for hydroxylation is 4. The van der Waals surface area contributed by atoms with Gasteiger partial charge >= 0.3 is 0 Å². The molecule has 1 amide bonds. The van der Waals surface area contributed by atoms with Gasteiger partial charge in [-0.05, 0) is 62.6 Å². The van der Waals surface area contributed by atoms with E-state index in [-0.39, 0.29) is 11.4 Å². The zero-order chi connectivity index (χ0) is 27.2. The first-order valence-corrected chi connectivity index (χ1v) is 13.2. The van der Waals surface area contributed by atoms with Crippen molar-refractivity contribution in [2.75, 3.05) is 20.8 Å². The van der Waals surface area contributed by atoms with Gasteiger partial charge < -0.3 is 9.47 Å². The molecular weight excluding hydrogens is 490 g/mol. The van der Waals surface area contributed by atoms with Crippen molar-refractivity contribution < 1.29 is 22.7 Å². The normalized spacial score (nSPS) is 11.6. The number of hydrogen-bond acceptors (Lipinski definition) is 6. The van der Waals surface area contributed by atoms with Crippen LogP contribution in [0, 0.1) is 27.7 Å². The van der Waals surface area contributed by atoms with Crippen LogP contribution in [0.3, 0.4) is 0 Å². The molecule has 0 unspecified atom stereocenters. The fourth-order valence-electron chi connectivity index (χ4n) is 4.14. The number of benzene rings is 3. The van der Waals surface area contributed by atoms with Gasteiger partial charge in [0.15, 0.2) is 0 Å². The lowest BCUT2D eigenvalue weighted by Crippen LogP contribution is -2.39. The van der Waals surface area contributed by atoms with E-state index in [0.717, 1.165) is 16.7 Å². The highest BCUT2D eigenvalue weighted by Crippen LogP contribution is 2.27. The maximum Gasteiger partial charge on any atom is 0.255 e. The van der Waals surface area contributed by atoms with Gasteiger partial charge in [-0.1, -0.05) is 47.5 Å². The van der Waals surface area contributed by atoms with Crippen molar-refractivity contribution in [1.82, 2.24) is 9.73 Å². The molecule has 0 heterocycles. The number of ether oxygens (including phenoxy) is 2. The standard InChI is InChI=1S/C28H33N3O5S/c1-19-7-9-23(10-8-19)17-31(37(33,34)28-21(3)13-20(2)14-22(28)4)18-27(32)30-29-16-24-15-25(35-5)11-12-26(24)36-6/h7-16H,17-18H2,1-6H3,(H,30,32)/b29-16+. The van der Waals surface area contributed by atoms with Gasteiger partial charge in [-0.2, -0.15) is 9.41 Å². The van der Waals surface area contributed by atoms with Gasteiger partial charge in [0.1, 0.15) is 11.5 Å². The van der Waals surface area contributed by atoms with Crippen molar-refractivity contribution >= 4 is 22.1 Å². The molecule has 0 aromatic heterocycles. The Bertz CT molecular complexity index is 1380. The van der Waals surface area contributed by atoms with Crippen LogP contribution in [0.4, 0.5) is 0 Å². The van der Waals surface area contributed by atoms with E-state index in [0.29, 0.717) is 28.2 Å². The molecule has 3 aromatic rings. The van der Waals surface area contributed by atoms with Crippen molar-refractivity contribution in [3.8, 4) is 11.5 Å². The summed E-state index contributed by atoms with van der Waals surface area (Å²) in [5.41, 5.74) is 7.10. The van der Waals surface area contributed by atoms with Crippen molar-refractivity contribution in [3.05, 3.63) is 88.0 Å². The van der Waals surface area contributed by atoms with Gasteiger partial charge in [-0.25, -0.2) is 13.8 Å². The van der Waals surface area contributed by atoms with E-state index in [2.05, 4.69) is 10.5 Å². The molecule has 9 heteroatoms. The Kier molecular flexibility index (Phi) is 9.07. The molecule has 0 aliphatic heterocycles. The van der Waals surface area contributed by atoms with E-state index < -0.39 is 22.5 Å². The van der Waals surface area contributed by atoms with Gasteiger partial charge in [0, 0.05) is 12.1 Å². The van der Waals surface area contributed by atoms with Crippen LogP contribution in [0.2, 0.25) is 0 Å². The summed E-state index contributed by atoms with van der Waals surface area (Å²) in [4.78, 5) is 13.1. The lowest BCUT2D eigenvalue weighted by molar-refractivity contribution is -0.121. The third-order valence-electron chi connectivity index (χ3n) is 5.83. The Hall–Kier alpha value is -3.69. The lowest BCUT2D eigenvalue weighted by Gasteiger charge is -2.24. The summed E-state index contributed by atoms with van der Waals surface area (Å²) in [5.74, 6) is 0.580. The molecule has 0 aliphatic carbocycles. The van der Waals surface area contributed by atoms with E-state index in [1.165, 1.54) is 17.6 Å². The minimum atomic E-state index is -4.00. The number of methoxy groups -OCH3 is 2. The van der Waals surface area contributed by atoms with Crippen LogP contribution < -0.4 is 14.9 Å². The molecule has 0 saturated carbocycles. The maximum atomic E-state index is 13.8. The van der Waals surface area contributed by atoms with Crippen LogP contribution in [0.25, 0.3) is 0 Å². The minimum Gasteiger partial charge on any atom is -0.497 e. The van der Waals surface area contributed by atoms with E-state index in [4.69, 9.17) is 9.47 Å². The zero-order valence-corrected chi connectivity index (χ0v) is 22.8. The molecule has 3 rings (SSSR count). The largest absolute Gasteiger partial charge is 0.497 e. The Morgan fingerprint density at radius 3 is 2.16 bits per heavy atom. The van der Waals surface area contributed by atoms with Crippen LogP contribution in [0.1, 0.15) is 33.4 Å². The average Bonchev–Trinajstić information content (AvgIpc) is 2.84. The number of hydrogen-bond donors (Lipinski definition) is 1.